The quantitative estimate of drug-likeness (QED) is 0.772. The van der Waals surface area contributed by atoms with E-state index in [1.807, 2.05) is 0 Å². The van der Waals surface area contributed by atoms with E-state index in [1.165, 1.54) is 12.1 Å². The molecule has 0 fully saturated rings. The molecule has 2 aromatic rings. The number of hydrogen-bond acceptors (Lipinski definition) is 3. The third-order valence-corrected chi connectivity index (χ3v) is 3.36. The molecule has 0 bridgehead atoms. The van der Waals surface area contributed by atoms with Crippen LogP contribution in [0.2, 0.25) is 5.02 Å². The zero-order valence-electron chi connectivity index (χ0n) is 13.1. The van der Waals surface area contributed by atoms with Gasteiger partial charge in [-0.15, -0.1) is 13.2 Å². The molecule has 0 radical (unpaired) electrons. The Bertz CT molecular complexity index is 703. The number of alkyl halides is 3. The summed E-state index contributed by atoms with van der Waals surface area (Å²) in [6.45, 7) is 1.78. The van der Waals surface area contributed by atoms with E-state index >= 15 is 0 Å². The first-order chi connectivity index (χ1) is 11.8. The van der Waals surface area contributed by atoms with Gasteiger partial charge in [-0.1, -0.05) is 18.5 Å². The number of halogens is 4. The lowest BCUT2D eigenvalue weighted by Gasteiger charge is -2.17. The molecule has 1 N–H and O–H groups in total. The molecule has 2 aromatic carbocycles. The van der Waals surface area contributed by atoms with Crippen LogP contribution in [-0.2, 0) is 4.79 Å². The molecule has 0 unspecified atom stereocenters. The summed E-state index contributed by atoms with van der Waals surface area (Å²) in [6, 6.07) is 11.4. The number of carbonyl (C=O) groups is 1. The smallest absolute Gasteiger partial charge is 0.481 e. The molecule has 134 valence electrons. The lowest BCUT2D eigenvalue weighted by atomic mass is 10.2. The van der Waals surface area contributed by atoms with Gasteiger partial charge in [0.2, 0.25) is 0 Å². The Labute approximate surface area is 147 Å². The second-order valence-corrected chi connectivity index (χ2v) is 5.47. The molecule has 8 heteroatoms. The zero-order chi connectivity index (χ0) is 18.4. The van der Waals surface area contributed by atoms with Crippen molar-refractivity contribution in [2.75, 3.05) is 5.32 Å². The van der Waals surface area contributed by atoms with Gasteiger partial charge < -0.3 is 14.8 Å². The Hall–Kier alpha value is -2.41. The molecule has 0 spiro atoms. The van der Waals surface area contributed by atoms with Crippen molar-refractivity contribution in [3.63, 3.8) is 0 Å². The third kappa shape index (κ3) is 6.19. The van der Waals surface area contributed by atoms with Crippen LogP contribution in [0.25, 0.3) is 0 Å². The van der Waals surface area contributed by atoms with E-state index in [-0.39, 0.29) is 5.75 Å². The van der Waals surface area contributed by atoms with Crippen molar-refractivity contribution in [2.45, 2.75) is 25.8 Å². The minimum absolute atomic E-state index is 0.331. The summed E-state index contributed by atoms with van der Waals surface area (Å²) < 4.78 is 45.7. The van der Waals surface area contributed by atoms with Crippen LogP contribution in [0.1, 0.15) is 13.3 Å². The van der Waals surface area contributed by atoms with Crippen molar-refractivity contribution >= 4 is 23.2 Å². The molecule has 1 atom stereocenters. The fourth-order valence-corrected chi connectivity index (χ4v) is 2.09. The van der Waals surface area contributed by atoms with Crippen LogP contribution >= 0.6 is 11.6 Å². The molecule has 2 rings (SSSR count). The molecule has 0 aliphatic carbocycles. The van der Waals surface area contributed by atoms with E-state index in [1.54, 1.807) is 31.2 Å². The minimum Gasteiger partial charge on any atom is -0.481 e. The summed E-state index contributed by atoms with van der Waals surface area (Å²) in [5, 5.41) is 3.14. The number of anilines is 1. The van der Waals surface area contributed by atoms with Gasteiger partial charge in [-0.2, -0.15) is 0 Å². The van der Waals surface area contributed by atoms with Crippen LogP contribution < -0.4 is 14.8 Å². The van der Waals surface area contributed by atoms with Crippen LogP contribution in [0.4, 0.5) is 18.9 Å². The second-order valence-electron chi connectivity index (χ2n) is 5.03. The Morgan fingerprint density at radius 3 is 2.16 bits per heavy atom. The highest BCUT2D eigenvalue weighted by Crippen LogP contribution is 2.24. The maximum Gasteiger partial charge on any atom is 0.573 e. The Balaban J connectivity index is 1.97. The predicted octanol–water partition coefficient (Wildman–Crippen LogP) is 5.03. The van der Waals surface area contributed by atoms with Gasteiger partial charge in [0.05, 0.1) is 0 Å². The van der Waals surface area contributed by atoms with Crippen LogP contribution in [0, 0.1) is 0 Å². The molecule has 4 nitrogen and oxygen atoms in total. The molecule has 1 amide bonds. The van der Waals surface area contributed by atoms with Crippen LogP contribution in [-0.4, -0.2) is 18.4 Å². The third-order valence-electron chi connectivity index (χ3n) is 3.11. The van der Waals surface area contributed by atoms with Crippen molar-refractivity contribution in [1.29, 1.82) is 0 Å². The molecule has 0 aliphatic rings. The molecule has 0 heterocycles. The first kappa shape index (κ1) is 18.9. The number of amides is 1. The number of benzene rings is 2. The van der Waals surface area contributed by atoms with E-state index in [0.29, 0.717) is 22.9 Å². The highest BCUT2D eigenvalue weighted by molar-refractivity contribution is 6.30. The van der Waals surface area contributed by atoms with Crippen LogP contribution in [0.15, 0.2) is 48.5 Å². The number of nitrogens with one attached hydrogen (secondary N) is 1. The second kappa shape index (κ2) is 8.11. The van der Waals surface area contributed by atoms with Crippen molar-refractivity contribution in [3.05, 3.63) is 53.6 Å². The fourth-order valence-electron chi connectivity index (χ4n) is 1.96. The molecule has 0 saturated heterocycles. The highest BCUT2D eigenvalue weighted by Gasteiger charge is 2.31. The van der Waals surface area contributed by atoms with Gasteiger partial charge in [0.15, 0.2) is 6.10 Å². The number of carbonyl (C=O) groups excluding carboxylic acids is 1. The van der Waals surface area contributed by atoms with Crippen molar-refractivity contribution in [1.82, 2.24) is 0 Å². The topological polar surface area (TPSA) is 47.6 Å². The molecule has 0 aromatic heterocycles. The molecule has 25 heavy (non-hydrogen) atoms. The van der Waals surface area contributed by atoms with Crippen LogP contribution in [0.3, 0.4) is 0 Å². The fraction of sp³-hybridized carbons (Fsp3) is 0.235. The van der Waals surface area contributed by atoms with Crippen LogP contribution in [0.5, 0.6) is 11.5 Å². The number of rotatable bonds is 6. The van der Waals surface area contributed by atoms with E-state index in [9.17, 15) is 18.0 Å². The number of ether oxygens (including phenoxy) is 2. The van der Waals surface area contributed by atoms with E-state index in [4.69, 9.17) is 16.3 Å². The van der Waals surface area contributed by atoms with E-state index < -0.39 is 18.4 Å². The van der Waals surface area contributed by atoms with Crippen molar-refractivity contribution < 1.29 is 27.4 Å². The normalized spacial score (nSPS) is 12.4. The van der Waals surface area contributed by atoms with Crippen molar-refractivity contribution in [3.8, 4) is 11.5 Å². The largest absolute Gasteiger partial charge is 0.573 e. The Morgan fingerprint density at radius 2 is 1.64 bits per heavy atom. The molecule has 0 aliphatic heterocycles. The lowest BCUT2D eigenvalue weighted by Crippen LogP contribution is -2.32. The summed E-state index contributed by atoms with van der Waals surface area (Å²) in [6.07, 6.45) is -5.11. The van der Waals surface area contributed by atoms with Gasteiger partial charge in [-0.3, -0.25) is 4.79 Å². The van der Waals surface area contributed by atoms with Gasteiger partial charge in [0, 0.05) is 10.7 Å². The van der Waals surface area contributed by atoms with Gasteiger partial charge in [0.1, 0.15) is 11.5 Å². The maximum atomic E-state index is 12.3. The zero-order valence-corrected chi connectivity index (χ0v) is 13.9. The molecular weight excluding hydrogens is 359 g/mol. The Morgan fingerprint density at radius 1 is 1.08 bits per heavy atom. The number of hydrogen-bond donors (Lipinski definition) is 1. The minimum atomic E-state index is -4.76. The average molecular weight is 374 g/mol. The molecular formula is C17H15ClF3NO3. The van der Waals surface area contributed by atoms with Gasteiger partial charge in [0.25, 0.3) is 5.91 Å². The summed E-state index contributed by atoms with van der Waals surface area (Å²) in [4.78, 5) is 12.3. The Kier molecular flexibility index (Phi) is 6.14. The van der Waals surface area contributed by atoms with Gasteiger partial charge >= 0.3 is 6.36 Å². The van der Waals surface area contributed by atoms with Gasteiger partial charge in [-0.25, -0.2) is 0 Å². The van der Waals surface area contributed by atoms with E-state index in [0.717, 1.165) is 12.1 Å². The van der Waals surface area contributed by atoms with Crippen molar-refractivity contribution in [2.24, 2.45) is 0 Å². The summed E-state index contributed by atoms with van der Waals surface area (Å²) in [5.41, 5.74) is 0.331. The molecule has 0 saturated carbocycles. The average Bonchev–Trinajstić information content (AvgIpc) is 2.54. The monoisotopic (exact) mass is 373 g/mol. The summed E-state index contributed by atoms with van der Waals surface area (Å²) in [5.74, 6) is -0.294. The lowest BCUT2D eigenvalue weighted by molar-refractivity contribution is -0.274. The SMILES string of the molecule is CC[C@H](Oc1ccc(Cl)cc1)C(=O)Nc1ccc(OC(F)(F)F)cc1. The highest BCUT2D eigenvalue weighted by atomic mass is 35.5. The maximum absolute atomic E-state index is 12.3. The van der Waals surface area contributed by atoms with E-state index in [2.05, 4.69) is 10.1 Å². The summed E-state index contributed by atoms with van der Waals surface area (Å²) in [7, 11) is 0. The predicted molar refractivity (Wildman–Crippen MR) is 87.9 cm³/mol. The summed E-state index contributed by atoms with van der Waals surface area (Å²) >= 11 is 5.79. The first-order valence-electron chi connectivity index (χ1n) is 7.35. The first-order valence-corrected chi connectivity index (χ1v) is 7.73. The van der Waals surface area contributed by atoms with Gasteiger partial charge in [-0.05, 0) is 55.0 Å². The standard InChI is InChI=1S/C17H15ClF3NO3/c1-2-15(24-13-7-3-11(18)4-8-13)16(23)22-12-5-9-14(10-6-12)25-17(19,20)21/h3-10,15H,2H2,1H3,(H,22,23)/t15-/m0/s1.